The van der Waals surface area contributed by atoms with Crippen molar-refractivity contribution in [3.63, 3.8) is 0 Å². The van der Waals surface area contributed by atoms with Crippen LogP contribution in [-0.2, 0) is 6.54 Å². The third kappa shape index (κ3) is 4.24. The Morgan fingerprint density at radius 1 is 1.00 bits per heavy atom. The number of fused-ring (bicyclic) bond motifs is 1. The van der Waals surface area contributed by atoms with E-state index in [-0.39, 0.29) is 5.91 Å². The molecule has 0 unspecified atom stereocenters. The molecule has 1 aromatic heterocycles. The Balaban J connectivity index is 1.20. The molecule has 0 spiro atoms. The van der Waals surface area contributed by atoms with Crippen LogP contribution < -0.4 is 0 Å². The summed E-state index contributed by atoms with van der Waals surface area (Å²) < 4.78 is 2.01. The largest absolute Gasteiger partial charge is 0.339 e. The summed E-state index contributed by atoms with van der Waals surface area (Å²) in [5.41, 5.74) is 3.05. The van der Waals surface area contributed by atoms with Crippen molar-refractivity contribution in [3.8, 4) is 0 Å². The van der Waals surface area contributed by atoms with Crippen molar-refractivity contribution in [2.24, 2.45) is 0 Å². The van der Waals surface area contributed by atoms with E-state index in [9.17, 15) is 4.79 Å². The first kappa shape index (κ1) is 20.3. The van der Waals surface area contributed by atoms with Gasteiger partial charge in [0.15, 0.2) is 0 Å². The second-order valence-corrected chi connectivity index (χ2v) is 9.18. The summed E-state index contributed by atoms with van der Waals surface area (Å²) in [7, 11) is 1.97. The molecule has 5 heteroatoms. The van der Waals surface area contributed by atoms with Crippen molar-refractivity contribution in [1.29, 1.82) is 0 Å². The Hall–Kier alpha value is -2.66. The van der Waals surface area contributed by atoms with Crippen LogP contribution in [0.2, 0.25) is 0 Å². The van der Waals surface area contributed by atoms with Crippen molar-refractivity contribution in [2.45, 2.75) is 57.2 Å². The molecule has 1 aliphatic heterocycles. The van der Waals surface area contributed by atoms with Crippen LogP contribution in [0.1, 0.15) is 54.4 Å². The van der Waals surface area contributed by atoms with Gasteiger partial charge in [0.2, 0.25) is 0 Å². The molecular formula is C26H32N4O. The quantitative estimate of drug-likeness (QED) is 0.612. The van der Waals surface area contributed by atoms with E-state index in [4.69, 9.17) is 0 Å². The fraction of sp³-hybridized carbons (Fsp3) is 0.462. The Kier molecular flexibility index (Phi) is 5.77. The number of hydrogen-bond donors (Lipinski definition) is 0. The van der Waals surface area contributed by atoms with Crippen LogP contribution in [0.4, 0.5) is 0 Å². The highest BCUT2D eigenvalue weighted by atomic mass is 16.2. The molecule has 1 saturated carbocycles. The molecule has 2 aromatic carbocycles. The highest BCUT2D eigenvalue weighted by Gasteiger charge is 2.30. The molecule has 5 rings (SSSR count). The third-order valence-corrected chi connectivity index (χ3v) is 7.29. The van der Waals surface area contributed by atoms with Crippen LogP contribution in [0.3, 0.4) is 0 Å². The zero-order valence-corrected chi connectivity index (χ0v) is 18.4. The average Bonchev–Trinajstić information content (AvgIpc) is 3.50. The maximum atomic E-state index is 13.1. The molecule has 0 N–H and O–H groups in total. The Morgan fingerprint density at radius 3 is 2.45 bits per heavy atom. The fourth-order valence-corrected chi connectivity index (χ4v) is 5.35. The van der Waals surface area contributed by atoms with E-state index in [0.29, 0.717) is 12.6 Å². The third-order valence-electron chi connectivity index (χ3n) is 7.29. The maximum absolute atomic E-state index is 13.1. The summed E-state index contributed by atoms with van der Waals surface area (Å²) in [6.45, 7) is 2.96. The molecule has 1 saturated heterocycles. The van der Waals surface area contributed by atoms with Crippen molar-refractivity contribution < 1.29 is 4.79 Å². The smallest absolute Gasteiger partial charge is 0.253 e. The van der Waals surface area contributed by atoms with Gasteiger partial charge in [-0.05, 0) is 49.4 Å². The van der Waals surface area contributed by atoms with Gasteiger partial charge in [-0.3, -0.25) is 9.48 Å². The Morgan fingerprint density at radius 2 is 1.71 bits per heavy atom. The first-order valence-electron chi connectivity index (χ1n) is 11.7. The summed E-state index contributed by atoms with van der Waals surface area (Å²) in [4.78, 5) is 17.7. The van der Waals surface area contributed by atoms with Gasteiger partial charge in [0.25, 0.3) is 5.91 Å². The van der Waals surface area contributed by atoms with Gasteiger partial charge in [-0.15, -0.1) is 0 Å². The van der Waals surface area contributed by atoms with Crippen LogP contribution in [0.15, 0.2) is 54.7 Å². The van der Waals surface area contributed by atoms with Gasteiger partial charge < -0.3 is 9.80 Å². The lowest BCUT2D eigenvalue weighted by Gasteiger charge is -2.39. The average molecular weight is 417 g/mol. The summed E-state index contributed by atoms with van der Waals surface area (Å²) in [5, 5.41) is 5.66. The minimum absolute atomic E-state index is 0.135. The van der Waals surface area contributed by atoms with Crippen LogP contribution in [0.25, 0.3) is 10.9 Å². The van der Waals surface area contributed by atoms with E-state index in [2.05, 4.69) is 34.3 Å². The molecule has 3 aromatic rings. The number of hydrogen-bond acceptors (Lipinski definition) is 3. The molecule has 1 aliphatic carbocycles. The summed E-state index contributed by atoms with van der Waals surface area (Å²) in [6.07, 6.45) is 9.57. The highest BCUT2D eigenvalue weighted by molar-refractivity contribution is 5.94. The number of nitrogens with zero attached hydrogens (tertiary/aromatic N) is 4. The SMILES string of the molecule is CN(C(=O)c1ccc(Cn2ncc3ccccc32)cc1)C1CCN(C2CCCC2)CC1. The van der Waals surface area contributed by atoms with E-state index in [0.717, 1.165) is 54.0 Å². The number of rotatable bonds is 5. The van der Waals surface area contributed by atoms with Gasteiger partial charge in [-0.1, -0.05) is 43.2 Å². The van der Waals surface area contributed by atoms with Crippen LogP contribution >= 0.6 is 0 Å². The predicted octanol–water partition coefficient (Wildman–Crippen LogP) is 4.56. The monoisotopic (exact) mass is 416 g/mol. The number of carbonyl (C=O) groups excluding carboxylic acids is 1. The Labute approximate surface area is 184 Å². The molecule has 2 fully saturated rings. The number of benzene rings is 2. The van der Waals surface area contributed by atoms with Gasteiger partial charge >= 0.3 is 0 Å². The van der Waals surface area contributed by atoms with E-state index >= 15 is 0 Å². The molecule has 0 radical (unpaired) electrons. The number of para-hydroxylation sites is 1. The van der Waals surface area contributed by atoms with E-state index in [1.807, 2.05) is 47.1 Å². The van der Waals surface area contributed by atoms with Gasteiger partial charge in [-0.2, -0.15) is 5.10 Å². The number of amides is 1. The molecule has 0 bridgehead atoms. The highest BCUT2D eigenvalue weighted by Crippen LogP contribution is 2.27. The van der Waals surface area contributed by atoms with Crippen molar-refractivity contribution in [1.82, 2.24) is 19.6 Å². The summed E-state index contributed by atoms with van der Waals surface area (Å²) in [6, 6.07) is 17.4. The second kappa shape index (κ2) is 8.83. The number of likely N-dealkylation sites (tertiary alicyclic amines) is 1. The maximum Gasteiger partial charge on any atom is 0.253 e. The normalized spacial score (nSPS) is 18.6. The minimum Gasteiger partial charge on any atom is -0.339 e. The molecule has 31 heavy (non-hydrogen) atoms. The number of piperidine rings is 1. The first-order valence-corrected chi connectivity index (χ1v) is 11.7. The van der Waals surface area contributed by atoms with Gasteiger partial charge in [0.05, 0.1) is 18.3 Å². The van der Waals surface area contributed by atoms with Crippen LogP contribution in [0, 0.1) is 0 Å². The molecule has 1 amide bonds. The number of carbonyl (C=O) groups is 1. The fourth-order valence-electron chi connectivity index (χ4n) is 5.35. The Bertz CT molecular complexity index is 1030. The standard InChI is InChI=1S/C26H32N4O/c1-28(23-14-16-29(17-15-23)24-7-3-4-8-24)26(31)21-12-10-20(11-13-21)19-30-25-9-5-2-6-22(25)18-27-30/h2,5-6,9-13,18,23-24H,3-4,7-8,14-17,19H2,1H3. The molecule has 2 aliphatic rings. The predicted molar refractivity (Wildman–Crippen MR) is 124 cm³/mol. The number of aromatic nitrogens is 2. The zero-order valence-electron chi connectivity index (χ0n) is 18.4. The van der Waals surface area contributed by atoms with Gasteiger partial charge in [0.1, 0.15) is 0 Å². The molecule has 0 atom stereocenters. The van der Waals surface area contributed by atoms with Crippen LogP contribution in [0.5, 0.6) is 0 Å². The lowest BCUT2D eigenvalue weighted by atomic mass is 10.00. The topological polar surface area (TPSA) is 41.4 Å². The van der Waals surface area contributed by atoms with Crippen molar-refractivity contribution in [2.75, 3.05) is 20.1 Å². The summed E-state index contributed by atoms with van der Waals surface area (Å²) in [5.74, 6) is 0.135. The minimum atomic E-state index is 0.135. The van der Waals surface area contributed by atoms with E-state index in [1.54, 1.807) is 0 Å². The molecule has 2 heterocycles. The van der Waals surface area contributed by atoms with Crippen LogP contribution in [-0.4, -0.2) is 57.7 Å². The van der Waals surface area contributed by atoms with E-state index < -0.39 is 0 Å². The molecular weight excluding hydrogens is 384 g/mol. The van der Waals surface area contributed by atoms with Crippen molar-refractivity contribution in [3.05, 3.63) is 65.9 Å². The van der Waals surface area contributed by atoms with Gasteiger partial charge in [0, 0.05) is 43.2 Å². The lowest BCUT2D eigenvalue weighted by Crippen LogP contribution is -2.48. The lowest BCUT2D eigenvalue weighted by molar-refractivity contribution is 0.0598. The zero-order chi connectivity index (χ0) is 21.2. The summed E-state index contributed by atoms with van der Waals surface area (Å²) >= 11 is 0. The van der Waals surface area contributed by atoms with E-state index in [1.165, 1.54) is 25.7 Å². The van der Waals surface area contributed by atoms with Gasteiger partial charge in [-0.25, -0.2) is 0 Å². The first-order chi connectivity index (χ1) is 15.2. The second-order valence-electron chi connectivity index (χ2n) is 9.18. The molecule has 5 nitrogen and oxygen atoms in total. The molecule has 162 valence electrons. The van der Waals surface area contributed by atoms with Crippen molar-refractivity contribution >= 4 is 16.8 Å².